The van der Waals surface area contributed by atoms with E-state index >= 15 is 0 Å². The molecular weight excluding hydrogens is 162 g/mol. The molecule has 0 aromatic rings. The van der Waals surface area contributed by atoms with Crippen molar-refractivity contribution in [2.75, 3.05) is 20.3 Å². The van der Waals surface area contributed by atoms with Crippen molar-refractivity contribution < 1.29 is 4.74 Å². The molecule has 0 aromatic carbocycles. The van der Waals surface area contributed by atoms with Gasteiger partial charge in [-0.15, -0.1) is 0 Å². The van der Waals surface area contributed by atoms with Gasteiger partial charge in [-0.3, -0.25) is 0 Å². The predicted octanol–water partition coefficient (Wildman–Crippen LogP) is 2.42. The highest BCUT2D eigenvalue weighted by molar-refractivity contribution is 4.80. The van der Waals surface area contributed by atoms with Crippen molar-refractivity contribution in [3.05, 3.63) is 0 Å². The standard InChI is InChI=1S/C11H25NO/c1-5-7-11(3,9-12)10(2)6-8-13-4/h10H,5-9,12H2,1-4H3. The summed E-state index contributed by atoms with van der Waals surface area (Å²) in [4.78, 5) is 0. The van der Waals surface area contributed by atoms with Gasteiger partial charge >= 0.3 is 0 Å². The number of ether oxygens (including phenoxy) is 1. The van der Waals surface area contributed by atoms with Gasteiger partial charge in [-0.05, 0) is 30.7 Å². The Bertz CT molecular complexity index is 127. The smallest absolute Gasteiger partial charge is 0.0465 e. The maximum absolute atomic E-state index is 5.82. The summed E-state index contributed by atoms with van der Waals surface area (Å²) in [6.07, 6.45) is 3.55. The second-order valence-electron chi connectivity index (χ2n) is 4.29. The van der Waals surface area contributed by atoms with Crippen molar-refractivity contribution in [2.45, 2.75) is 40.0 Å². The molecule has 0 bridgehead atoms. The van der Waals surface area contributed by atoms with Gasteiger partial charge in [0.2, 0.25) is 0 Å². The molecule has 2 heteroatoms. The van der Waals surface area contributed by atoms with E-state index in [9.17, 15) is 0 Å². The Balaban J connectivity index is 4.03. The first-order chi connectivity index (χ1) is 6.10. The summed E-state index contributed by atoms with van der Waals surface area (Å²) >= 11 is 0. The Morgan fingerprint density at radius 2 is 2.08 bits per heavy atom. The van der Waals surface area contributed by atoms with E-state index in [2.05, 4.69) is 20.8 Å². The second-order valence-corrected chi connectivity index (χ2v) is 4.29. The highest BCUT2D eigenvalue weighted by atomic mass is 16.5. The molecule has 0 aliphatic carbocycles. The zero-order chi connectivity index (χ0) is 10.3. The molecule has 0 heterocycles. The molecule has 2 N–H and O–H groups in total. The predicted molar refractivity (Wildman–Crippen MR) is 57.7 cm³/mol. The van der Waals surface area contributed by atoms with Crippen LogP contribution in [0.3, 0.4) is 0 Å². The van der Waals surface area contributed by atoms with E-state index in [1.807, 2.05) is 0 Å². The van der Waals surface area contributed by atoms with E-state index in [1.54, 1.807) is 7.11 Å². The molecule has 0 spiro atoms. The molecule has 0 amide bonds. The van der Waals surface area contributed by atoms with Crippen LogP contribution in [0.15, 0.2) is 0 Å². The largest absolute Gasteiger partial charge is 0.385 e. The number of nitrogens with two attached hydrogens (primary N) is 1. The zero-order valence-corrected chi connectivity index (χ0v) is 9.60. The lowest BCUT2D eigenvalue weighted by molar-refractivity contribution is 0.123. The van der Waals surface area contributed by atoms with Gasteiger partial charge in [-0.1, -0.05) is 27.2 Å². The van der Waals surface area contributed by atoms with Crippen molar-refractivity contribution in [1.82, 2.24) is 0 Å². The van der Waals surface area contributed by atoms with Crippen LogP contribution in [0.2, 0.25) is 0 Å². The number of hydrogen-bond acceptors (Lipinski definition) is 2. The molecule has 2 atom stereocenters. The van der Waals surface area contributed by atoms with Crippen LogP contribution in [0.25, 0.3) is 0 Å². The Hall–Kier alpha value is -0.0800. The molecular formula is C11H25NO. The fourth-order valence-electron chi connectivity index (χ4n) is 1.76. The van der Waals surface area contributed by atoms with Gasteiger partial charge in [-0.25, -0.2) is 0 Å². The Kier molecular flexibility index (Phi) is 6.35. The van der Waals surface area contributed by atoms with Gasteiger partial charge < -0.3 is 10.5 Å². The third kappa shape index (κ3) is 4.10. The summed E-state index contributed by atoms with van der Waals surface area (Å²) in [6, 6.07) is 0. The summed E-state index contributed by atoms with van der Waals surface area (Å²) in [5, 5.41) is 0. The number of rotatable bonds is 7. The number of hydrogen-bond donors (Lipinski definition) is 1. The number of methoxy groups -OCH3 is 1. The van der Waals surface area contributed by atoms with Crippen LogP contribution < -0.4 is 5.73 Å². The minimum atomic E-state index is 0.299. The highest BCUT2D eigenvalue weighted by Crippen LogP contribution is 2.33. The van der Waals surface area contributed by atoms with Crippen LogP contribution in [-0.2, 0) is 4.74 Å². The van der Waals surface area contributed by atoms with E-state index in [0.717, 1.165) is 19.6 Å². The van der Waals surface area contributed by atoms with E-state index in [1.165, 1.54) is 12.8 Å². The van der Waals surface area contributed by atoms with Crippen LogP contribution >= 0.6 is 0 Å². The van der Waals surface area contributed by atoms with Gasteiger partial charge in [0, 0.05) is 13.7 Å². The quantitative estimate of drug-likeness (QED) is 0.664. The molecule has 0 saturated carbocycles. The first kappa shape index (κ1) is 12.9. The third-order valence-corrected chi connectivity index (χ3v) is 3.23. The highest BCUT2D eigenvalue weighted by Gasteiger charge is 2.28. The van der Waals surface area contributed by atoms with Gasteiger partial charge in [0.05, 0.1) is 0 Å². The van der Waals surface area contributed by atoms with Gasteiger partial charge in [0.25, 0.3) is 0 Å². The Labute approximate surface area is 82.8 Å². The molecule has 0 aliphatic heterocycles. The summed E-state index contributed by atoms with van der Waals surface area (Å²) in [5.74, 6) is 0.650. The average molecular weight is 187 g/mol. The average Bonchev–Trinajstić information content (AvgIpc) is 2.14. The maximum Gasteiger partial charge on any atom is 0.0465 e. The molecule has 0 radical (unpaired) electrons. The van der Waals surface area contributed by atoms with Crippen LogP contribution in [-0.4, -0.2) is 20.3 Å². The van der Waals surface area contributed by atoms with Crippen molar-refractivity contribution >= 4 is 0 Å². The molecule has 2 unspecified atom stereocenters. The van der Waals surface area contributed by atoms with Crippen LogP contribution in [0.1, 0.15) is 40.0 Å². The molecule has 2 nitrogen and oxygen atoms in total. The molecule has 0 rings (SSSR count). The molecule has 80 valence electrons. The summed E-state index contributed by atoms with van der Waals surface area (Å²) in [5.41, 5.74) is 6.12. The van der Waals surface area contributed by atoms with E-state index in [4.69, 9.17) is 10.5 Å². The van der Waals surface area contributed by atoms with E-state index in [0.29, 0.717) is 11.3 Å². The third-order valence-electron chi connectivity index (χ3n) is 3.23. The molecule has 0 fully saturated rings. The van der Waals surface area contributed by atoms with Crippen LogP contribution in [0.4, 0.5) is 0 Å². The summed E-state index contributed by atoms with van der Waals surface area (Å²) < 4.78 is 5.09. The Morgan fingerprint density at radius 1 is 1.46 bits per heavy atom. The van der Waals surface area contributed by atoms with Crippen molar-refractivity contribution in [1.29, 1.82) is 0 Å². The summed E-state index contributed by atoms with van der Waals surface area (Å²) in [6.45, 7) is 8.42. The lowest BCUT2D eigenvalue weighted by Gasteiger charge is -2.34. The molecule has 0 aromatic heterocycles. The molecule has 0 aliphatic rings. The van der Waals surface area contributed by atoms with Crippen molar-refractivity contribution in [2.24, 2.45) is 17.1 Å². The topological polar surface area (TPSA) is 35.2 Å². The minimum absolute atomic E-state index is 0.299. The normalized spacial score (nSPS) is 18.2. The molecule has 13 heavy (non-hydrogen) atoms. The fourth-order valence-corrected chi connectivity index (χ4v) is 1.76. The van der Waals surface area contributed by atoms with Gasteiger partial charge in [-0.2, -0.15) is 0 Å². The van der Waals surface area contributed by atoms with Crippen molar-refractivity contribution in [3.8, 4) is 0 Å². The second kappa shape index (κ2) is 6.39. The fraction of sp³-hybridized carbons (Fsp3) is 1.00. The Morgan fingerprint density at radius 3 is 2.46 bits per heavy atom. The lowest BCUT2D eigenvalue weighted by Crippen LogP contribution is -2.34. The first-order valence-corrected chi connectivity index (χ1v) is 5.29. The molecule has 0 saturated heterocycles. The van der Waals surface area contributed by atoms with Gasteiger partial charge in [0.1, 0.15) is 0 Å². The van der Waals surface area contributed by atoms with E-state index in [-0.39, 0.29) is 0 Å². The zero-order valence-electron chi connectivity index (χ0n) is 9.60. The van der Waals surface area contributed by atoms with Gasteiger partial charge in [0.15, 0.2) is 0 Å². The first-order valence-electron chi connectivity index (χ1n) is 5.29. The van der Waals surface area contributed by atoms with E-state index < -0.39 is 0 Å². The lowest BCUT2D eigenvalue weighted by atomic mass is 9.73. The monoisotopic (exact) mass is 187 g/mol. The SMILES string of the molecule is CCCC(C)(CN)C(C)CCOC. The maximum atomic E-state index is 5.82. The van der Waals surface area contributed by atoms with Crippen molar-refractivity contribution in [3.63, 3.8) is 0 Å². The van der Waals surface area contributed by atoms with Crippen LogP contribution in [0.5, 0.6) is 0 Å². The summed E-state index contributed by atoms with van der Waals surface area (Å²) in [7, 11) is 1.76. The minimum Gasteiger partial charge on any atom is -0.385 e. The van der Waals surface area contributed by atoms with Crippen LogP contribution in [0, 0.1) is 11.3 Å².